The average Bonchev–Trinajstić information content (AvgIpc) is 2.01. The monoisotopic (exact) mass is 177 g/mol. The summed E-state index contributed by atoms with van der Waals surface area (Å²) >= 11 is 0. The molecule has 1 nitrogen and oxygen atoms in total. The Bertz CT molecular complexity index is 117. The molecule has 0 aliphatic carbocycles. The zero-order valence-corrected chi connectivity index (χ0v) is 8.63. The molecule has 0 aromatic carbocycles. The molecule has 0 fully saturated rings. The van der Waals surface area contributed by atoms with Crippen molar-refractivity contribution in [2.45, 2.75) is 45.6 Å². The maximum absolute atomic E-state index is 6.05. The Morgan fingerprint density at radius 1 is 1.27 bits per heavy atom. The first-order valence-corrected chi connectivity index (χ1v) is 4.07. The highest BCUT2D eigenvalue weighted by molar-refractivity contribution is 5.85. The lowest BCUT2D eigenvalue weighted by Crippen LogP contribution is -2.39. The van der Waals surface area contributed by atoms with Crippen molar-refractivity contribution in [2.24, 2.45) is 5.73 Å². The SMILES string of the molecule is C=C(CC)C(N)(CC)CC.Cl. The molecule has 0 atom stereocenters. The van der Waals surface area contributed by atoms with Crippen LogP contribution in [0.1, 0.15) is 40.0 Å². The maximum Gasteiger partial charge on any atom is 0.0360 e. The fourth-order valence-corrected chi connectivity index (χ4v) is 1.10. The lowest BCUT2D eigenvalue weighted by molar-refractivity contribution is 0.455. The number of hydrogen-bond acceptors (Lipinski definition) is 1. The minimum atomic E-state index is -0.102. The van der Waals surface area contributed by atoms with Crippen molar-refractivity contribution < 1.29 is 0 Å². The highest BCUT2D eigenvalue weighted by Crippen LogP contribution is 2.22. The first kappa shape index (κ1) is 13.6. The van der Waals surface area contributed by atoms with Gasteiger partial charge in [-0.05, 0) is 19.3 Å². The van der Waals surface area contributed by atoms with E-state index in [1.807, 2.05) is 0 Å². The Balaban J connectivity index is 0. The van der Waals surface area contributed by atoms with E-state index in [-0.39, 0.29) is 17.9 Å². The maximum atomic E-state index is 6.05. The molecule has 0 saturated carbocycles. The van der Waals surface area contributed by atoms with Crippen molar-refractivity contribution in [3.63, 3.8) is 0 Å². The zero-order chi connectivity index (χ0) is 8.20. The van der Waals surface area contributed by atoms with Gasteiger partial charge in [0, 0.05) is 5.54 Å². The molecule has 2 heteroatoms. The Morgan fingerprint density at radius 2 is 1.64 bits per heavy atom. The summed E-state index contributed by atoms with van der Waals surface area (Å²) in [6.07, 6.45) is 2.99. The molecular formula is C9H20ClN. The van der Waals surface area contributed by atoms with E-state index in [1.165, 1.54) is 5.57 Å². The molecule has 0 aromatic heterocycles. The summed E-state index contributed by atoms with van der Waals surface area (Å²) in [4.78, 5) is 0. The second kappa shape index (κ2) is 5.62. The van der Waals surface area contributed by atoms with Crippen molar-refractivity contribution in [3.05, 3.63) is 12.2 Å². The third-order valence-corrected chi connectivity index (χ3v) is 2.39. The van der Waals surface area contributed by atoms with Crippen molar-refractivity contribution in [1.29, 1.82) is 0 Å². The Kier molecular flexibility index (Phi) is 6.93. The van der Waals surface area contributed by atoms with Crippen molar-refractivity contribution >= 4 is 12.4 Å². The summed E-state index contributed by atoms with van der Waals surface area (Å²) in [5.74, 6) is 0. The summed E-state index contributed by atoms with van der Waals surface area (Å²) < 4.78 is 0. The van der Waals surface area contributed by atoms with Crippen LogP contribution in [0, 0.1) is 0 Å². The topological polar surface area (TPSA) is 26.0 Å². The van der Waals surface area contributed by atoms with Crippen LogP contribution in [-0.2, 0) is 0 Å². The largest absolute Gasteiger partial charge is 0.322 e. The minimum absolute atomic E-state index is 0. The van der Waals surface area contributed by atoms with E-state index in [9.17, 15) is 0 Å². The van der Waals surface area contributed by atoms with Gasteiger partial charge in [-0.3, -0.25) is 0 Å². The molecule has 0 amide bonds. The third kappa shape index (κ3) is 3.26. The second-order valence-corrected chi connectivity index (χ2v) is 2.82. The molecule has 0 unspecified atom stereocenters. The first-order chi connectivity index (χ1) is 4.60. The molecule has 0 bridgehead atoms. The molecule has 68 valence electrons. The fraction of sp³-hybridized carbons (Fsp3) is 0.778. The van der Waals surface area contributed by atoms with Gasteiger partial charge in [-0.15, -0.1) is 12.4 Å². The summed E-state index contributed by atoms with van der Waals surface area (Å²) in [5.41, 5.74) is 7.13. The molecule has 0 aromatic rings. The molecule has 0 spiro atoms. The van der Waals surface area contributed by atoms with Crippen LogP contribution in [0.3, 0.4) is 0 Å². The number of nitrogens with two attached hydrogens (primary N) is 1. The molecule has 0 aliphatic rings. The normalized spacial score (nSPS) is 10.5. The standard InChI is InChI=1S/C9H19N.ClH/c1-5-8(4)9(10,6-2)7-3;/h4-7,10H2,1-3H3;1H. The van der Waals surface area contributed by atoms with Crippen LogP contribution in [0.25, 0.3) is 0 Å². The van der Waals surface area contributed by atoms with Crippen LogP contribution in [0.15, 0.2) is 12.2 Å². The fourth-order valence-electron chi connectivity index (χ4n) is 1.10. The molecular weight excluding hydrogens is 158 g/mol. The Hall–Kier alpha value is -0.0100. The number of halogens is 1. The van der Waals surface area contributed by atoms with E-state index in [2.05, 4.69) is 27.4 Å². The van der Waals surface area contributed by atoms with Crippen molar-refractivity contribution in [2.75, 3.05) is 0 Å². The van der Waals surface area contributed by atoms with Gasteiger partial charge in [0.25, 0.3) is 0 Å². The smallest absolute Gasteiger partial charge is 0.0360 e. The van der Waals surface area contributed by atoms with Gasteiger partial charge in [-0.2, -0.15) is 0 Å². The highest BCUT2D eigenvalue weighted by Gasteiger charge is 2.21. The summed E-state index contributed by atoms with van der Waals surface area (Å²) in [5, 5.41) is 0. The van der Waals surface area contributed by atoms with E-state index in [4.69, 9.17) is 5.73 Å². The van der Waals surface area contributed by atoms with Crippen LogP contribution in [-0.4, -0.2) is 5.54 Å². The van der Waals surface area contributed by atoms with Gasteiger partial charge in [0.05, 0.1) is 0 Å². The van der Waals surface area contributed by atoms with Gasteiger partial charge in [-0.25, -0.2) is 0 Å². The molecule has 0 heterocycles. The zero-order valence-electron chi connectivity index (χ0n) is 7.81. The minimum Gasteiger partial charge on any atom is -0.322 e. The molecule has 0 radical (unpaired) electrons. The summed E-state index contributed by atoms with van der Waals surface area (Å²) in [7, 11) is 0. The predicted molar refractivity (Wildman–Crippen MR) is 54.2 cm³/mol. The van der Waals surface area contributed by atoms with Crippen molar-refractivity contribution in [1.82, 2.24) is 0 Å². The highest BCUT2D eigenvalue weighted by atomic mass is 35.5. The van der Waals surface area contributed by atoms with Gasteiger partial charge in [0.15, 0.2) is 0 Å². The van der Waals surface area contributed by atoms with E-state index in [0.29, 0.717) is 0 Å². The third-order valence-electron chi connectivity index (χ3n) is 2.39. The Labute approximate surface area is 76.5 Å². The molecule has 0 saturated heterocycles. The van der Waals surface area contributed by atoms with E-state index < -0.39 is 0 Å². The van der Waals surface area contributed by atoms with Crippen molar-refractivity contribution in [3.8, 4) is 0 Å². The molecule has 0 aliphatic heterocycles. The Morgan fingerprint density at radius 3 is 1.73 bits per heavy atom. The van der Waals surface area contributed by atoms with Crippen LogP contribution < -0.4 is 5.73 Å². The second-order valence-electron chi connectivity index (χ2n) is 2.82. The van der Waals surface area contributed by atoms with Crippen LogP contribution in [0.2, 0.25) is 0 Å². The molecule has 2 N–H and O–H groups in total. The first-order valence-electron chi connectivity index (χ1n) is 4.07. The van der Waals surface area contributed by atoms with Crippen LogP contribution in [0.5, 0.6) is 0 Å². The lowest BCUT2D eigenvalue weighted by atomic mass is 9.85. The van der Waals surface area contributed by atoms with E-state index in [0.717, 1.165) is 19.3 Å². The van der Waals surface area contributed by atoms with Gasteiger partial charge < -0.3 is 5.73 Å². The number of rotatable bonds is 4. The lowest BCUT2D eigenvalue weighted by Gasteiger charge is -2.28. The molecule has 11 heavy (non-hydrogen) atoms. The average molecular weight is 178 g/mol. The van der Waals surface area contributed by atoms with Gasteiger partial charge >= 0.3 is 0 Å². The van der Waals surface area contributed by atoms with Gasteiger partial charge in [0.2, 0.25) is 0 Å². The van der Waals surface area contributed by atoms with Crippen LogP contribution >= 0.6 is 12.4 Å². The van der Waals surface area contributed by atoms with E-state index in [1.54, 1.807) is 0 Å². The van der Waals surface area contributed by atoms with Crippen LogP contribution in [0.4, 0.5) is 0 Å². The quantitative estimate of drug-likeness (QED) is 0.657. The van der Waals surface area contributed by atoms with Gasteiger partial charge in [0.1, 0.15) is 0 Å². The molecule has 0 rings (SSSR count). The number of hydrogen-bond donors (Lipinski definition) is 1. The predicted octanol–water partition coefficient (Wildman–Crippen LogP) is 2.89. The summed E-state index contributed by atoms with van der Waals surface area (Å²) in [6.45, 7) is 10.3. The summed E-state index contributed by atoms with van der Waals surface area (Å²) in [6, 6.07) is 0. The van der Waals surface area contributed by atoms with Gasteiger partial charge in [-0.1, -0.05) is 32.9 Å². The van der Waals surface area contributed by atoms with E-state index >= 15 is 0 Å².